The standard InChI is InChI=1S/C12H17F2NO/c1-7(2)11(6-15)12(16)8-3-9(13)5-10(14)4-8/h3-5,7,11-12,16H,6,15H2,1-2H3. The van der Waals surface area contributed by atoms with E-state index in [2.05, 4.69) is 0 Å². The molecule has 0 saturated carbocycles. The van der Waals surface area contributed by atoms with E-state index in [-0.39, 0.29) is 23.9 Å². The summed E-state index contributed by atoms with van der Waals surface area (Å²) in [6.45, 7) is 4.10. The topological polar surface area (TPSA) is 46.2 Å². The molecule has 1 aromatic carbocycles. The van der Waals surface area contributed by atoms with Crippen LogP contribution in [0.15, 0.2) is 18.2 Å². The SMILES string of the molecule is CC(C)C(CN)C(O)c1cc(F)cc(F)c1. The van der Waals surface area contributed by atoms with Gasteiger partial charge in [0.15, 0.2) is 0 Å². The summed E-state index contributed by atoms with van der Waals surface area (Å²) in [7, 11) is 0. The van der Waals surface area contributed by atoms with Gasteiger partial charge in [0, 0.05) is 12.0 Å². The first-order chi connectivity index (χ1) is 7.45. The Hall–Kier alpha value is -1.00. The summed E-state index contributed by atoms with van der Waals surface area (Å²) in [6, 6.07) is 3.06. The van der Waals surface area contributed by atoms with Crippen molar-refractivity contribution in [1.82, 2.24) is 0 Å². The summed E-state index contributed by atoms with van der Waals surface area (Å²) >= 11 is 0. The van der Waals surface area contributed by atoms with Crippen LogP contribution >= 0.6 is 0 Å². The first-order valence-electron chi connectivity index (χ1n) is 5.29. The van der Waals surface area contributed by atoms with Gasteiger partial charge >= 0.3 is 0 Å². The second kappa shape index (κ2) is 5.37. The van der Waals surface area contributed by atoms with Gasteiger partial charge in [-0.1, -0.05) is 13.8 Å². The highest BCUT2D eigenvalue weighted by molar-refractivity contribution is 5.21. The van der Waals surface area contributed by atoms with E-state index in [9.17, 15) is 13.9 Å². The summed E-state index contributed by atoms with van der Waals surface area (Å²) in [5.74, 6) is -1.44. The van der Waals surface area contributed by atoms with Gasteiger partial charge in [-0.05, 0) is 30.2 Å². The van der Waals surface area contributed by atoms with Gasteiger partial charge in [0.1, 0.15) is 11.6 Å². The van der Waals surface area contributed by atoms with Crippen molar-refractivity contribution >= 4 is 0 Å². The molecule has 0 aliphatic carbocycles. The van der Waals surface area contributed by atoms with Crippen molar-refractivity contribution in [1.29, 1.82) is 0 Å². The summed E-state index contributed by atoms with van der Waals surface area (Å²) in [4.78, 5) is 0. The molecule has 2 nitrogen and oxygen atoms in total. The molecule has 4 heteroatoms. The smallest absolute Gasteiger partial charge is 0.126 e. The van der Waals surface area contributed by atoms with Crippen LogP contribution in [0.1, 0.15) is 25.5 Å². The molecule has 3 N–H and O–H groups in total. The van der Waals surface area contributed by atoms with E-state index < -0.39 is 17.7 Å². The third-order valence-corrected chi connectivity index (χ3v) is 2.76. The van der Waals surface area contributed by atoms with Crippen LogP contribution in [0.2, 0.25) is 0 Å². The summed E-state index contributed by atoms with van der Waals surface area (Å²) < 4.78 is 25.9. The van der Waals surface area contributed by atoms with Gasteiger partial charge in [-0.25, -0.2) is 8.78 Å². The Labute approximate surface area is 94.1 Å². The van der Waals surface area contributed by atoms with Crippen LogP contribution in [0.25, 0.3) is 0 Å². The zero-order chi connectivity index (χ0) is 12.3. The number of hydrogen-bond acceptors (Lipinski definition) is 2. The summed E-state index contributed by atoms with van der Waals surface area (Å²) in [5, 5.41) is 9.99. The quantitative estimate of drug-likeness (QED) is 0.831. The molecule has 90 valence electrons. The molecule has 0 heterocycles. The summed E-state index contributed by atoms with van der Waals surface area (Å²) in [5.41, 5.74) is 5.78. The molecular formula is C12H17F2NO. The fraction of sp³-hybridized carbons (Fsp3) is 0.500. The first-order valence-corrected chi connectivity index (χ1v) is 5.29. The van der Waals surface area contributed by atoms with Crippen LogP contribution in [-0.4, -0.2) is 11.7 Å². The molecular weight excluding hydrogens is 212 g/mol. The predicted molar refractivity (Wildman–Crippen MR) is 58.7 cm³/mol. The van der Waals surface area contributed by atoms with Gasteiger partial charge in [-0.2, -0.15) is 0 Å². The van der Waals surface area contributed by atoms with Crippen LogP contribution < -0.4 is 5.73 Å². The zero-order valence-electron chi connectivity index (χ0n) is 9.45. The highest BCUT2D eigenvalue weighted by Gasteiger charge is 2.23. The summed E-state index contributed by atoms with van der Waals surface area (Å²) in [6.07, 6.45) is -0.935. The van der Waals surface area contributed by atoms with E-state index in [0.717, 1.165) is 18.2 Å². The van der Waals surface area contributed by atoms with Gasteiger partial charge in [-0.3, -0.25) is 0 Å². The van der Waals surface area contributed by atoms with Gasteiger partial charge in [0.05, 0.1) is 6.10 Å². The monoisotopic (exact) mass is 229 g/mol. The minimum absolute atomic E-state index is 0.145. The van der Waals surface area contributed by atoms with E-state index in [1.807, 2.05) is 13.8 Å². The number of hydrogen-bond donors (Lipinski definition) is 2. The maximum atomic E-state index is 13.0. The molecule has 0 radical (unpaired) electrons. The highest BCUT2D eigenvalue weighted by Crippen LogP contribution is 2.28. The second-order valence-corrected chi connectivity index (χ2v) is 4.29. The fourth-order valence-electron chi connectivity index (χ4n) is 1.76. The third kappa shape index (κ3) is 3.00. The van der Waals surface area contributed by atoms with E-state index in [1.165, 1.54) is 0 Å². The van der Waals surface area contributed by atoms with Crippen molar-refractivity contribution < 1.29 is 13.9 Å². The number of halogens is 2. The van der Waals surface area contributed by atoms with Crippen LogP contribution in [0.4, 0.5) is 8.78 Å². The van der Waals surface area contributed by atoms with Gasteiger partial charge < -0.3 is 10.8 Å². The maximum Gasteiger partial charge on any atom is 0.126 e. The maximum absolute atomic E-state index is 13.0. The number of aliphatic hydroxyl groups excluding tert-OH is 1. The van der Waals surface area contributed by atoms with Crippen LogP contribution in [0.5, 0.6) is 0 Å². The molecule has 0 fully saturated rings. The Morgan fingerprint density at radius 3 is 2.06 bits per heavy atom. The lowest BCUT2D eigenvalue weighted by Gasteiger charge is -2.25. The third-order valence-electron chi connectivity index (χ3n) is 2.76. The average Bonchev–Trinajstić information content (AvgIpc) is 2.16. The molecule has 0 saturated heterocycles. The molecule has 0 aromatic heterocycles. The van der Waals surface area contributed by atoms with Crippen molar-refractivity contribution in [3.63, 3.8) is 0 Å². The van der Waals surface area contributed by atoms with Crippen molar-refractivity contribution in [3.8, 4) is 0 Å². The first kappa shape index (κ1) is 13.1. The van der Waals surface area contributed by atoms with Crippen LogP contribution in [-0.2, 0) is 0 Å². The van der Waals surface area contributed by atoms with Crippen LogP contribution in [0, 0.1) is 23.5 Å². The van der Waals surface area contributed by atoms with E-state index in [4.69, 9.17) is 5.73 Å². The molecule has 1 rings (SSSR count). The van der Waals surface area contributed by atoms with Gasteiger partial charge in [-0.15, -0.1) is 0 Å². The minimum Gasteiger partial charge on any atom is -0.388 e. The van der Waals surface area contributed by atoms with Crippen molar-refractivity contribution in [3.05, 3.63) is 35.4 Å². The van der Waals surface area contributed by atoms with Crippen molar-refractivity contribution in [2.45, 2.75) is 20.0 Å². The Bertz CT molecular complexity index is 335. The number of nitrogens with two attached hydrogens (primary N) is 1. The molecule has 2 atom stereocenters. The molecule has 0 spiro atoms. The van der Waals surface area contributed by atoms with E-state index >= 15 is 0 Å². The lowest BCUT2D eigenvalue weighted by molar-refractivity contribution is 0.0855. The molecule has 0 bridgehead atoms. The molecule has 1 aromatic rings. The Morgan fingerprint density at radius 1 is 1.19 bits per heavy atom. The van der Waals surface area contributed by atoms with E-state index in [0.29, 0.717) is 0 Å². The lowest BCUT2D eigenvalue weighted by atomic mass is 9.86. The Balaban J connectivity index is 2.98. The predicted octanol–water partition coefficient (Wildman–Crippen LogP) is 2.23. The Kier molecular flexibility index (Phi) is 4.38. The molecule has 0 aliphatic heterocycles. The van der Waals surface area contributed by atoms with Crippen LogP contribution in [0.3, 0.4) is 0 Å². The number of rotatable bonds is 4. The van der Waals surface area contributed by atoms with Gasteiger partial charge in [0.25, 0.3) is 0 Å². The number of benzene rings is 1. The zero-order valence-corrected chi connectivity index (χ0v) is 9.45. The lowest BCUT2D eigenvalue weighted by Crippen LogP contribution is -2.26. The minimum atomic E-state index is -0.935. The molecule has 0 aliphatic rings. The molecule has 0 amide bonds. The molecule has 2 unspecified atom stereocenters. The van der Waals surface area contributed by atoms with Gasteiger partial charge in [0.2, 0.25) is 0 Å². The van der Waals surface area contributed by atoms with Crippen molar-refractivity contribution in [2.24, 2.45) is 17.6 Å². The average molecular weight is 229 g/mol. The number of aliphatic hydroxyl groups is 1. The Morgan fingerprint density at radius 2 is 1.69 bits per heavy atom. The second-order valence-electron chi connectivity index (χ2n) is 4.29. The van der Waals surface area contributed by atoms with E-state index in [1.54, 1.807) is 0 Å². The molecule has 16 heavy (non-hydrogen) atoms. The highest BCUT2D eigenvalue weighted by atomic mass is 19.1. The normalized spacial score (nSPS) is 15.2. The fourth-order valence-corrected chi connectivity index (χ4v) is 1.76. The van der Waals surface area contributed by atoms with Crippen molar-refractivity contribution in [2.75, 3.05) is 6.54 Å². The largest absolute Gasteiger partial charge is 0.388 e.